The van der Waals surface area contributed by atoms with Crippen LogP contribution >= 0.6 is 0 Å². The Hall–Kier alpha value is -2.39. The molecule has 0 atom stereocenters. The maximum absolute atomic E-state index is 12.2. The van der Waals surface area contributed by atoms with Crippen LogP contribution in [-0.2, 0) is 26.0 Å². The summed E-state index contributed by atoms with van der Waals surface area (Å²) in [5.41, 5.74) is 2.22. The van der Waals surface area contributed by atoms with Gasteiger partial charge >= 0.3 is 0 Å². The van der Waals surface area contributed by atoms with Gasteiger partial charge in [-0.15, -0.1) is 0 Å². The van der Waals surface area contributed by atoms with Crippen molar-refractivity contribution >= 4 is 32.7 Å². The number of benzene rings is 1. The summed E-state index contributed by atoms with van der Waals surface area (Å²) in [4.78, 5) is 29.1. The minimum atomic E-state index is -3.21. The first-order valence-corrected chi connectivity index (χ1v) is 11.2. The van der Waals surface area contributed by atoms with Crippen molar-refractivity contribution in [3.05, 3.63) is 36.0 Å². The highest BCUT2D eigenvalue weighted by molar-refractivity contribution is 7.88. The summed E-state index contributed by atoms with van der Waals surface area (Å²) >= 11 is 0. The number of hydrogen-bond donors (Lipinski definition) is 2. The van der Waals surface area contributed by atoms with E-state index >= 15 is 0 Å². The zero-order valence-electron chi connectivity index (χ0n) is 16.0. The Morgan fingerprint density at radius 3 is 2.54 bits per heavy atom. The summed E-state index contributed by atoms with van der Waals surface area (Å²) in [5, 5.41) is 4.01. The summed E-state index contributed by atoms with van der Waals surface area (Å²) in [5.74, 6) is -0.261. The number of nitrogens with zero attached hydrogens (tertiary/aromatic N) is 2. The maximum atomic E-state index is 12.2. The van der Waals surface area contributed by atoms with E-state index in [0.29, 0.717) is 32.7 Å². The molecule has 0 aliphatic carbocycles. The van der Waals surface area contributed by atoms with Gasteiger partial charge in [0.15, 0.2) is 0 Å². The Kier molecular flexibility index (Phi) is 6.35. The minimum Gasteiger partial charge on any atom is -0.361 e. The number of amides is 2. The summed E-state index contributed by atoms with van der Waals surface area (Å²) < 4.78 is 24.4. The van der Waals surface area contributed by atoms with Gasteiger partial charge in [0.1, 0.15) is 0 Å². The normalized spacial score (nSPS) is 15.7. The number of H-pyrrole nitrogens is 1. The van der Waals surface area contributed by atoms with E-state index < -0.39 is 10.0 Å². The number of nitrogens with one attached hydrogen (secondary N) is 2. The van der Waals surface area contributed by atoms with E-state index in [4.69, 9.17) is 0 Å². The second kappa shape index (κ2) is 8.74. The first kappa shape index (κ1) is 20.3. The van der Waals surface area contributed by atoms with Crippen LogP contribution in [0.4, 0.5) is 0 Å². The lowest BCUT2D eigenvalue weighted by molar-refractivity contribution is -0.134. The van der Waals surface area contributed by atoms with Crippen molar-refractivity contribution in [2.75, 3.05) is 39.0 Å². The Morgan fingerprint density at radius 2 is 1.82 bits per heavy atom. The molecule has 9 heteroatoms. The molecule has 0 saturated carbocycles. The summed E-state index contributed by atoms with van der Waals surface area (Å²) in [6.45, 7) is 1.87. The SMILES string of the molecule is CS(=O)(=O)N1CCN(C(=O)CCC(=O)NCCc2c[nH]c3ccccc23)CC1. The zero-order chi connectivity index (χ0) is 20.1. The molecule has 1 aliphatic rings. The van der Waals surface area contributed by atoms with E-state index in [1.165, 1.54) is 10.6 Å². The summed E-state index contributed by atoms with van der Waals surface area (Å²) in [7, 11) is -3.21. The fourth-order valence-electron chi connectivity index (χ4n) is 3.41. The van der Waals surface area contributed by atoms with Gasteiger partial charge in [-0.2, -0.15) is 4.31 Å². The van der Waals surface area contributed by atoms with Crippen LogP contribution in [0.5, 0.6) is 0 Å². The van der Waals surface area contributed by atoms with Crippen LogP contribution in [0.2, 0.25) is 0 Å². The smallest absolute Gasteiger partial charge is 0.223 e. The molecule has 3 rings (SSSR count). The van der Waals surface area contributed by atoms with Gasteiger partial charge in [-0.3, -0.25) is 9.59 Å². The molecule has 1 fully saturated rings. The molecule has 0 unspecified atom stereocenters. The van der Waals surface area contributed by atoms with E-state index in [2.05, 4.69) is 10.3 Å². The van der Waals surface area contributed by atoms with E-state index in [1.807, 2.05) is 30.5 Å². The van der Waals surface area contributed by atoms with Crippen LogP contribution in [0.15, 0.2) is 30.5 Å². The zero-order valence-corrected chi connectivity index (χ0v) is 16.8. The average molecular weight is 407 g/mol. The molecule has 2 N–H and O–H groups in total. The van der Waals surface area contributed by atoms with E-state index in [9.17, 15) is 18.0 Å². The van der Waals surface area contributed by atoms with Crippen LogP contribution in [0, 0.1) is 0 Å². The minimum absolute atomic E-state index is 0.111. The molecule has 1 saturated heterocycles. The van der Waals surface area contributed by atoms with Gasteiger partial charge in [0.2, 0.25) is 21.8 Å². The number of rotatable bonds is 7. The molecule has 0 radical (unpaired) electrons. The van der Waals surface area contributed by atoms with Gasteiger partial charge in [0.05, 0.1) is 6.26 Å². The number of carbonyl (C=O) groups is 2. The Morgan fingerprint density at radius 1 is 1.11 bits per heavy atom. The number of piperazine rings is 1. The average Bonchev–Trinajstić information content (AvgIpc) is 3.09. The van der Waals surface area contributed by atoms with Gasteiger partial charge in [0, 0.05) is 62.7 Å². The fourth-order valence-corrected chi connectivity index (χ4v) is 4.24. The lowest BCUT2D eigenvalue weighted by atomic mass is 10.1. The van der Waals surface area contributed by atoms with E-state index in [0.717, 1.165) is 22.9 Å². The molecule has 28 heavy (non-hydrogen) atoms. The van der Waals surface area contributed by atoms with Crippen LogP contribution in [0.25, 0.3) is 10.9 Å². The van der Waals surface area contributed by atoms with Crippen molar-refractivity contribution in [2.24, 2.45) is 0 Å². The largest absolute Gasteiger partial charge is 0.361 e. The molecule has 0 spiro atoms. The molecule has 1 aliphatic heterocycles. The first-order chi connectivity index (χ1) is 13.3. The third-order valence-electron chi connectivity index (χ3n) is 5.02. The molecule has 2 amide bonds. The van der Waals surface area contributed by atoms with Crippen molar-refractivity contribution < 1.29 is 18.0 Å². The molecular formula is C19H26N4O4S. The number of aromatic nitrogens is 1. The van der Waals surface area contributed by atoms with Crippen molar-refractivity contribution in [1.29, 1.82) is 0 Å². The van der Waals surface area contributed by atoms with Gasteiger partial charge in [0.25, 0.3) is 0 Å². The van der Waals surface area contributed by atoms with Gasteiger partial charge in [-0.05, 0) is 18.1 Å². The Balaban J connectivity index is 1.37. The second-order valence-electron chi connectivity index (χ2n) is 7.00. The lowest BCUT2D eigenvalue weighted by Crippen LogP contribution is -2.50. The van der Waals surface area contributed by atoms with Gasteiger partial charge in [-0.25, -0.2) is 8.42 Å². The number of para-hydroxylation sites is 1. The molecule has 2 heterocycles. The molecule has 152 valence electrons. The molecule has 2 aromatic rings. The fraction of sp³-hybridized carbons (Fsp3) is 0.474. The molecular weight excluding hydrogens is 380 g/mol. The third kappa shape index (κ3) is 5.11. The Labute approximate surface area is 164 Å². The van der Waals surface area contributed by atoms with Gasteiger partial charge in [-0.1, -0.05) is 18.2 Å². The summed E-state index contributed by atoms with van der Waals surface area (Å²) in [6.07, 6.45) is 4.12. The number of fused-ring (bicyclic) bond motifs is 1. The maximum Gasteiger partial charge on any atom is 0.223 e. The van der Waals surface area contributed by atoms with Crippen molar-refractivity contribution in [2.45, 2.75) is 19.3 Å². The van der Waals surface area contributed by atoms with Gasteiger partial charge < -0.3 is 15.2 Å². The molecule has 0 bridgehead atoms. The monoisotopic (exact) mass is 406 g/mol. The predicted octanol–water partition coefficient (Wildman–Crippen LogP) is 0.711. The highest BCUT2D eigenvalue weighted by Crippen LogP contribution is 2.17. The molecule has 1 aromatic heterocycles. The quantitative estimate of drug-likeness (QED) is 0.707. The van der Waals surface area contributed by atoms with Crippen molar-refractivity contribution in [3.63, 3.8) is 0 Å². The second-order valence-corrected chi connectivity index (χ2v) is 8.98. The third-order valence-corrected chi connectivity index (χ3v) is 6.32. The van der Waals surface area contributed by atoms with Crippen molar-refractivity contribution in [3.8, 4) is 0 Å². The standard InChI is InChI=1S/C19H26N4O4S/c1-28(26,27)23-12-10-22(11-13-23)19(25)7-6-18(24)20-9-8-15-14-21-17-5-3-2-4-16(15)17/h2-5,14,21H,6-13H2,1H3,(H,20,24). The van der Waals surface area contributed by atoms with Crippen LogP contribution < -0.4 is 5.32 Å². The highest BCUT2D eigenvalue weighted by Gasteiger charge is 2.25. The number of sulfonamides is 1. The predicted molar refractivity (Wildman–Crippen MR) is 107 cm³/mol. The first-order valence-electron chi connectivity index (χ1n) is 9.39. The summed E-state index contributed by atoms with van der Waals surface area (Å²) in [6, 6.07) is 8.02. The number of aromatic amines is 1. The lowest BCUT2D eigenvalue weighted by Gasteiger charge is -2.33. The van der Waals surface area contributed by atoms with Crippen molar-refractivity contribution in [1.82, 2.24) is 19.5 Å². The molecule has 1 aromatic carbocycles. The number of carbonyl (C=O) groups excluding carboxylic acids is 2. The van der Waals surface area contributed by atoms with Crippen LogP contribution in [-0.4, -0.2) is 73.4 Å². The number of hydrogen-bond acceptors (Lipinski definition) is 4. The topological polar surface area (TPSA) is 103 Å². The van der Waals surface area contributed by atoms with Crippen LogP contribution in [0.3, 0.4) is 0 Å². The highest BCUT2D eigenvalue weighted by atomic mass is 32.2. The van der Waals surface area contributed by atoms with Crippen LogP contribution in [0.1, 0.15) is 18.4 Å². The Bertz CT molecular complexity index is 946. The van der Waals surface area contributed by atoms with E-state index in [-0.39, 0.29) is 24.7 Å². The molecule has 8 nitrogen and oxygen atoms in total. The van der Waals surface area contributed by atoms with E-state index in [1.54, 1.807) is 4.90 Å².